The van der Waals surface area contributed by atoms with Crippen LogP contribution in [0.5, 0.6) is 0 Å². The van der Waals surface area contributed by atoms with E-state index in [9.17, 15) is 5.11 Å². The fraction of sp³-hybridized carbons (Fsp3) is 0.385. The molecule has 0 aliphatic carbocycles. The van der Waals surface area contributed by atoms with E-state index in [0.29, 0.717) is 41.1 Å². The lowest BCUT2D eigenvalue weighted by molar-refractivity contribution is 0.191. The van der Waals surface area contributed by atoms with Gasteiger partial charge in [0.05, 0.1) is 12.1 Å². The summed E-state index contributed by atoms with van der Waals surface area (Å²) in [5.74, 6) is 1.01. The van der Waals surface area contributed by atoms with Gasteiger partial charge in [0.25, 0.3) is 0 Å². The normalized spacial score (nSPS) is 22.4. The van der Waals surface area contributed by atoms with Crippen LogP contribution >= 0.6 is 23.2 Å². The number of nitrogens with one attached hydrogen (secondary N) is 1. The van der Waals surface area contributed by atoms with Gasteiger partial charge in [-0.15, -0.1) is 0 Å². The van der Waals surface area contributed by atoms with Crippen molar-refractivity contribution < 1.29 is 9.63 Å². The van der Waals surface area contributed by atoms with E-state index in [1.54, 1.807) is 18.2 Å². The Labute approximate surface area is 125 Å². The Morgan fingerprint density at radius 1 is 1.35 bits per heavy atom. The highest BCUT2D eigenvalue weighted by Crippen LogP contribution is 2.27. The average molecular weight is 314 g/mol. The number of β-amino-alcohol motifs (C(OH)–C–C–N with tert-alkyl or cyclic N) is 1. The molecule has 20 heavy (non-hydrogen) atoms. The molecule has 0 radical (unpaired) electrons. The fourth-order valence-electron chi connectivity index (χ4n) is 2.25. The standard InChI is InChI=1S/C13H13Cl2N3O2/c14-9-2-1-3-10(15)8(9)5-12-17-13(20-18-12)11-4-7(19)6-16-11/h1-3,7,11,16,19H,4-6H2/t7?,11-/m0/s1. The molecule has 0 bridgehead atoms. The molecule has 1 unspecified atom stereocenters. The lowest BCUT2D eigenvalue weighted by atomic mass is 10.1. The van der Waals surface area contributed by atoms with Gasteiger partial charge in [0.1, 0.15) is 0 Å². The summed E-state index contributed by atoms with van der Waals surface area (Å²) >= 11 is 12.2. The van der Waals surface area contributed by atoms with Gasteiger partial charge in [-0.1, -0.05) is 34.4 Å². The molecule has 0 saturated carbocycles. The maximum Gasteiger partial charge on any atom is 0.243 e. The molecular weight excluding hydrogens is 301 g/mol. The second-order valence-electron chi connectivity index (χ2n) is 4.78. The highest BCUT2D eigenvalue weighted by Gasteiger charge is 2.28. The van der Waals surface area contributed by atoms with Gasteiger partial charge in [0, 0.05) is 23.0 Å². The van der Waals surface area contributed by atoms with E-state index < -0.39 is 0 Å². The van der Waals surface area contributed by atoms with Crippen LogP contribution in [-0.4, -0.2) is 27.9 Å². The third-order valence-corrected chi connectivity index (χ3v) is 3.99. The smallest absolute Gasteiger partial charge is 0.243 e. The Balaban J connectivity index is 1.77. The van der Waals surface area contributed by atoms with Gasteiger partial charge in [-0.2, -0.15) is 4.98 Å². The zero-order valence-electron chi connectivity index (χ0n) is 10.5. The monoisotopic (exact) mass is 313 g/mol. The van der Waals surface area contributed by atoms with Crippen molar-refractivity contribution >= 4 is 23.2 Å². The van der Waals surface area contributed by atoms with Crippen molar-refractivity contribution in [1.82, 2.24) is 15.5 Å². The quantitative estimate of drug-likeness (QED) is 0.910. The van der Waals surface area contributed by atoms with Gasteiger partial charge in [-0.25, -0.2) is 0 Å². The molecule has 0 spiro atoms. The Kier molecular flexibility index (Phi) is 3.94. The molecule has 2 aromatic rings. The van der Waals surface area contributed by atoms with E-state index in [0.717, 1.165) is 5.56 Å². The van der Waals surface area contributed by atoms with Crippen molar-refractivity contribution in [3.8, 4) is 0 Å². The third-order valence-electron chi connectivity index (χ3n) is 3.29. The summed E-state index contributed by atoms with van der Waals surface area (Å²) in [4.78, 5) is 4.34. The van der Waals surface area contributed by atoms with Crippen molar-refractivity contribution in [2.24, 2.45) is 0 Å². The van der Waals surface area contributed by atoms with Crippen molar-refractivity contribution in [1.29, 1.82) is 0 Å². The third kappa shape index (κ3) is 2.81. The van der Waals surface area contributed by atoms with Crippen LogP contribution in [0.25, 0.3) is 0 Å². The molecular formula is C13H13Cl2N3O2. The number of rotatable bonds is 3. The molecule has 7 heteroatoms. The molecule has 1 aliphatic rings. The van der Waals surface area contributed by atoms with E-state index in [-0.39, 0.29) is 12.1 Å². The van der Waals surface area contributed by atoms with Gasteiger partial charge in [0.15, 0.2) is 5.82 Å². The number of nitrogens with zero attached hydrogens (tertiary/aromatic N) is 2. The first-order valence-electron chi connectivity index (χ1n) is 6.30. The van der Waals surface area contributed by atoms with Gasteiger partial charge >= 0.3 is 0 Å². The summed E-state index contributed by atoms with van der Waals surface area (Å²) in [6.07, 6.45) is 0.625. The number of aliphatic hydroxyl groups excluding tert-OH is 1. The summed E-state index contributed by atoms with van der Waals surface area (Å²) in [7, 11) is 0. The van der Waals surface area contributed by atoms with Crippen LogP contribution in [0, 0.1) is 0 Å². The van der Waals surface area contributed by atoms with Crippen molar-refractivity contribution in [2.45, 2.75) is 25.0 Å². The molecule has 1 aromatic heterocycles. The van der Waals surface area contributed by atoms with E-state index in [4.69, 9.17) is 27.7 Å². The summed E-state index contributed by atoms with van der Waals surface area (Å²) in [5.41, 5.74) is 0.780. The highest BCUT2D eigenvalue weighted by atomic mass is 35.5. The predicted molar refractivity (Wildman–Crippen MR) is 74.9 cm³/mol. The molecule has 1 aliphatic heterocycles. The number of halogens is 2. The van der Waals surface area contributed by atoms with Crippen molar-refractivity contribution in [3.05, 3.63) is 45.5 Å². The van der Waals surface area contributed by atoms with Gasteiger partial charge < -0.3 is 14.9 Å². The molecule has 0 amide bonds. The van der Waals surface area contributed by atoms with Crippen LogP contribution in [0.2, 0.25) is 10.0 Å². The molecule has 1 aromatic carbocycles. The molecule has 2 atom stereocenters. The Morgan fingerprint density at radius 2 is 2.10 bits per heavy atom. The first kappa shape index (κ1) is 13.8. The first-order valence-corrected chi connectivity index (χ1v) is 7.06. The molecule has 3 rings (SSSR count). The van der Waals surface area contributed by atoms with Crippen LogP contribution in [-0.2, 0) is 6.42 Å². The minimum absolute atomic E-state index is 0.0898. The van der Waals surface area contributed by atoms with E-state index >= 15 is 0 Å². The van der Waals surface area contributed by atoms with E-state index in [1.807, 2.05) is 0 Å². The van der Waals surface area contributed by atoms with Crippen LogP contribution in [0.4, 0.5) is 0 Å². The fourth-order valence-corrected chi connectivity index (χ4v) is 2.78. The lowest BCUT2D eigenvalue weighted by Crippen LogP contribution is -2.15. The largest absolute Gasteiger partial charge is 0.392 e. The lowest BCUT2D eigenvalue weighted by Gasteiger charge is -2.03. The maximum atomic E-state index is 9.49. The van der Waals surface area contributed by atoms with E-state index in [1.165, 1.54) is 0 Å². The second kappa shape index (κ2) is 5.69. The Bertz CT molecular complexity index is 597. The van der Waals surface area contributed by atoms with Gasteiger partial charge in [-0.3, -0.25) is 0 Å². The zero-order valence-corrected chi connectivity index (χ0v) is 12.0. The SMILES string of the molecule is OC1CN[C@H](c2nc(Cc3c(Cl)cccc3Cl)no2)C1. The molecule has 5 nitrogen and oxygen atoms in total. The Morgan fingerprint density at radius 3 is 2.75 bits per heavy atom. The number of hydrogen-bond donors (Lipinski definition) is 2. The molecule has 2 heterocycles. The Hall–Kier alpha value is -1.14. The van der Waals surface area contributed by atoms with Crippen LogP contribution in [0.15, 0.2) is 22.7 Å². The first-order chi connectivity index (χ1) is 9.63. The van der Waals surface area contributed by atoms with Crippen molar-refractivity contribution in [3.63, 3.8) is 0 Å². The molecule has 1 saturated heterocycles. The summed E-state index contributed by atoms with van der Waals surface area (Å²) in [6, 6.07) is 5.25. The highest BCUT2D eigenvalue weighted by molar-refractivity contribution is 6.36. The summed E-state index contributed by atoms with van der Waals surface area (Å²) in [5, 5.41) is 17.7. The number of benzene rings is 1. The van der Waals surface area contributed by atoms with Crippen LogP contribution in [0.1, 0.15) is 29.7 Å². The minimum atomic E-state index is -0.367. The maximum absolute atomic E-state index is 9.49. The number of hydrogen-bond acceptors (Lipinski definition) is 5. The predicted octanol–water partition coefficient (Wildman–Crippen LogP) is 2.36. The topological polar surface area (TPSA) is 71.2 Å². The summed E-state index contributed by atoms with van der Waals surface area (Å²) in [6.45, 7) is 0.540. The van der Waals surface area contributed by atoms with E-state index in [2.05, 4.69) is 15.5 Å². The second-order valence-corrected chi connectivity index (χ2v) is 5.59. The summed E-state index contributed by atoms with van der Waals surface area (Å²) < 4.78 is 5.23. The van der Waals surface area contributed by atoms with Crippen LogP contribution in [0.3, 0.4) is 0 Å². The van der Waals surface area contributed by atoms with Crippen LogP contribution < -0.4 is 5.32 Å². The zero-order chi connectivity index (χ0) is 14.1. The van der Waals surface area contributed by atoms with Crippen molar-refractivity contribution in [2.75, 3.05) is 6.54 Å². The molecule has 2 N–H and O–H groups in total. The van der Waals surface area contributed by atoms with Gasteiger partial charge in [0.2, 0.25) is 5.89 Å². The average Bonchev–Trinajstić information content (AvgIpc) is 3.03. The number of aliphatic hydroxyl groups is 1. The van der Waals surface area contributed by atoms with Gasteiger partial charge in [-0.05, 0) is 24.1 Å². The number of aromatic nitrogens is 2. The molecule has 106 valence electrons. The molecule has 1 fully saturated rings. The minimum Gasteiger partial charge on any atom is -0.392 e.